The molecule has 4 nitrogen and oxygen atoms in total. The number of anilines is 1. The van der Waals surface area contributed by atoms with Crippen molar-refractivity contribution in [3.05, 3.63) is 41.9 Å². The molecule has 122 valence electrons. The molecule has 0 spiro atoms. The number of hydrogen-bond donors (Lipinski definition) is 1. The highest BCUT2D eigenvalue weighted by molar-refractivity contribution is 5.74. The fourth-order valence-corrected chi connectivity index (χ4v) is 2.96. The standard InChI is InChI=1S/C19H26N4/c1-13(2)19-21-12-17(23-10-8-16(20)9-11-23)18(22-19)15-6-4-14(3)5-7-15/h4-7,12-13,16H,8-11,20H2,1-3H3. The summed E-state index contributed by atoms with van der Waals surface area (Å²) in [5.41, 5.74) is 10.6. The van der Waals surface area contributed by atoms with Crippen LogP contribution >= 0.6 is 0 Å². The lowest BCUT2D eigenvalue weighted by atomic mass is 10.0. The maximum absolute atomic E-state index is 6.05. The molecular weight excluding hydrogens is 284 g/mol. The summed E-state index contributed by atoms with van der Waals surface area (Å²) in [5, 5.41) is 0. The van der Waals surface area contributed by atoms with Gasteiger partial charge in [0.25, 0.3) is 0 Å². The van der Waals surface area contributed by atoms with Crippen LogP contribution in [0.1, 0.15) is 44.0 Å². The molecular formula is C19H26N4. The second kappa shape index (κ2) is 6.67. The lowest BCUT2D eigenvalue weighted by Gasteiger charge is -2.33. The molecule has 2 heterocycles. The van der Waals surface area contributed by atoms with Crippen molar-refractivity contribution in [3.63, 3.8) is 0 Å². The zero-order chi connectivity index (χ0) is 16.4. The highest BCUT2D eigenvalue weighted by atomic mass is 15.2. The highest BCUT2D eigenvalue weighted by Gasteiger charge is 2.21. The number of rotatable bonds is 3. The lowest BCUT2D eigenvalue weighted by Crippen LogP contribution is -2.40. The zero-order valence-electron chi connectivity index (χ0n) is 14.3. The van der Waals surface area contributed by atoms with E-state index in [1.807, 2.05) is 6.20 Å². The Kier molecular flexibility index (Phi) is 4.62. The van der Waals surface area contributed by atoms with Crippen LogP contribution < -0.4 is 10.6 Å². The fourth-order valence-electron chi connectivity index (χ4n) is 2.96. The number of benzene rings is 1. The quantitative estimate of drug-likeness (QED) is 0.942. The third kappa shape index (κ3) is 3.53. The Morgan fingerprint density at radius 3 is 2.39 bits per heavy atom. The maximum Gasteiger partial charge on any atom is 0.131 e. The number of piperidine rings is 1. The van der Waals surface area contributed by atoms with E-state index < -0.39 is 0 Å². The predicted octanol–water partition coefficient (Wildman–Crippen LogP) is 3.50. The van der Waals surface area contributed by atoms with Crippen LogP contribution in [0.4, 0.5) is 5.69 Å². The van der Waals surface area contributed by atoms with Crippen LogP contribution in [0.2, 0.25) is 0 Å². The molecule has 0 amide bonds. The van der Waals surface area contributed by atoms with Crippen molar-refractivity contribution >= 4 is 5.69 Å². The third-order valence-electron chi connectivity index (χ3n) is 4.51. The minimum Gasteiger partial charge on any atom is -0.368 e. The number of aryl methyl sites for hydroxylation is 1. The minimum absolute atomic E-state index is 0.322. The van der Waals surface area contributed by atoms with Crippen LogP contribution in [0.3, 0.4) is 0 Å². The first kappa shape index (κ1) is 15.9. The minimum atomic E-state index is 0.322. The van der Waals surface area contributed by atoms with Gasteiger partial charge in [0.05, 0.1) is 17.6 Å². The van der Waals surface area contributed by atoms with E-state index in [0.29, 0.717) is 12.0 Å². The first-order valence-corrected chi connectivity index (χ1v) is 8.49. The van der Waals surface area contributed by atoms with Gasteiger partial charge in [0.1, 0.15) is 5.82 Å². The monoisotopic (exact) mass is 310 g/mol. The van der Waals surface area contributed by atoms with Crippen molar-refractivity contribution in [2.75, 3.05) is 18.0 Å². The summed E-state index contributed by atoms with van der Waals surface area (Å²) in [5.74, 6) is 1.22. The predicted molar refractivity (Wildman–Crippen MR) is 95.7 cm³/mol. The molecule has 2 N–H and O–H groups in total. The van der Waals surface area contributed by atoms with Crippen molar-refractivity contribution < 1.29 is 0 Å². The van der Waals surface area contributed by atoms with Gasteiger partial charge in [-0.25, -0.2) is 9.97 Å². The number of hydrogen-bond acceptors (Lipinski definition) is 4. The molecule has 1 aromatic heterocycles. The molecule has 1 aliphatic heterocycles. The van der Waals surface area contributed by atoms with E-state index in [1.54, 1.807) is 0 Å². The Labute approximate surface area is 138 Å². The molecule has 1 fully saturated rings. The van der Waals surface area contributed by atoms with Crippen molar-refractivity contribution in [1.29, 1.82) is 0 Å². The van der Waals surface area contributed by atoms with Gasteiger partial charge in [-0.05, 0) is 19.8 Å². The van der Waals surface area contributed by atoms with Gasteiger partial charge in [-0.3, -0.25) is 0 Å². The molecule has 23 heavy (non-hydrogen) atoms. The summed E-state index contributed by atoms with van der Waals surface area (Å²) in [7, 11) is 0. The van der Waals surface area contributed by atoms with Crippen LogP contribution in [0.15, 0.2) is 30.5 Å². The Morgan fingerprint density at radius 1 is 1.13 bits per heavy atom. The Hall–Kier alpha value is -1.94. The normalized spacial score (nSPS) is 16.1. The van der Waals surface area contributed by atoms with Gasteiger partial charge in [0, 0.05) is 30.6 Å². The molecule has 0 aliphatic carbocycles. The molecule has 3 rings (SSSR count). The van der Waals surface area contributed by atoms with Crippen molar-refractivity contribution in [1.82, 2.24) is 9.97 Å². The molecule has 1 aromatic carbocycles. The molecule has 0 unspecified atom stereocenters. The van der Waals surface area contributed by atoms with E-state index in [-0.39, 0.29) is 0 Å². The van der Waals surface area contributed by atoms with Crippen molar-refractivity contribution in [3.8, 4) is 11.3 Å². The molecule has 0 saturated carbocycles. The Balaban J connectivity index is 2.02. The van der Waals surface area contributed by atoms with Crippen LogP contribution in [0, 0.1) is 6.92 Å². The topological polar surface area (TPSA) is 55.0 Å². The van der Waals surface area contributed by atoms with E-state index >= 15 is 0 Å². The smallest absolute Gasteiger partial charge is 0.131 e. The lowest BCUT2D eigenvalue weighted by molar-refractivity contribution is 0.500. The molecule has 0 radical (unpaired) electrons. The summed E-state index contributed by atoms with van der Waals surface area (Å²) in [6, 6.07) is 8.91. The van der Waals surface area contributed by atoms with Gasteiger partial charge >= 0.3 is 0 Å². The Bertz CT molecular complexity index is 656. The number of nitrogens with two attached hydrogens (primary N) is 1. The van der Waals surface area contributed by atoms with Crippen molar-refractivity contribution in [2.24, 2.45) is 5.73 Å². The van der Waals surface area contributed by atoms with Gasteiger partial charge in [-0.2, -0.15) is 0 Å². The van der Waals surface area contributed by atoms with Crippen LogP contribution in [-0.4, -0.2) is 29.1 Å². The summed E-state index contributed by atoms with van der Waals surface area (Å²) in [6.45, 7) is 8.33. The molecule has 0 atom stereocenters. The number of aromatic nitrogens is 2. The van der Waals surface area contributed by atoms with Crippen LogP contribution in [0.5, 0.6) is 0 Å². The summed E-state index contributed by atoms with van der Waals surface area (Å²) >= 11 is 0. The van der Waals surface area contributed by atoms with E-state index in [0.717, 1.165) is 48.7 Å². The van der Waals surface area contributed by atoms with Gasteiger partial charge in [-0.1, -0.05) is 43.7 Å². The second-order valence-corrected chi connectivity index (χ2v) is 6.81. The average molecular weight is 310 g/mol. The van der Waals surface area contributed by atoms with Gasteiger partial charge in [0.15, 0.2) is 0 Å². The summed E-state index contributed by atoms with van der Waals surface area (Å²) < 4.78 is 0. The third-order valence-corrected chi connectivity index (χ3v) is 4.51. The van der Waals surface area contributed by atoms with Crippen LogP contribution in [-0.2, 0) is 0 Å². The van der Waals surface area contributed by atoms with Gasteiger partial charge in [0.2, 0.25) is 0 Å². The Morgan fingerprint density at radius 2 is 1.78 bits per heavy atom. The SMILES string of the molecule is Cc1ccc(-c2nc(C(C)C)ncc2N2CCC(N)CC2)cc1. The first-order valence-electron chi connectivity index (χ1n) is 8.49. The maximum atomic E-state index is 6.05. The fraction of sp³-hybridized carbons (Fsp3) is 0.474. The summed E-state index contributed by atoms with van der Waals surface area (Å²) in [6.07, 6.45) is 4.05. The van der Waals surface area contributed by atoms with Crippen molar-refractivity contribution in [2.45, 2.75) is 45.6 Å². The molecule has 4 heteroatoms. The first-order chi connectivity index (χ1) is 11.0. The van der Waals surface area contributed by atoms with E-state index in [2.05, 4.69) is 54.9 Å². The van der Waals surface area contributed by atoms with E-state index in [1.165, 1.54) is 5.56 Å². The largest absolute Gasteiger partial charge is 0.368 e. The van der Waals surface area contributed by atoms with Crippen LogP contribution in [0.25, 0.3) is 11.3 Å². The number of nitrogens with zero attached hydrogens (tertiary/aromatic N) is 3. The summed E-state index contributed by atoms with van der Waals surface area (Å²) in [4.78, 5) is 11.9. The molecule has 1 aliphatic rings. The zero-order valence-corrected chi connectivity index (χ0v) is 14.3. The second-order valence-electron chi connectivity index (χ2n) is 6.81. The van der Waals surface area contributed by atoms with E-state index in [4.69, 9.17) is 10.7 Å². The average Bonchev–Trinajstić information content (AvgIpc) is 2.56. The highest BCUT2D eigenvalue weighted by Crippen LogP contribution is 2.31. The van der Waals surface area contributed by atoms with E-state index in [9.17, 15) is 0 Å². The molecule has 2 aromatic rings. The molecule has 0 bridgehead atoms. The van der Waals surface area contributed by atoms with Gasteiger partial charge < -0.3 is 10.6 Å². The molecule has 1 saturated heterocycles. The van der Waals surface area contributed by atoms with Gasteiger partial charge in [-0.15, -0.1) is 0 Å².